The summed E-state index contributed by atoms with van der Waals surface area (Å²) >= 11 is 0. The Kier molecular flexibility index (Phi) is 4.68. The summed E-state index contributed by atoms with van der Waals surface area (Å²) in [6.07, 6.45) is -0.428. The van der Waals surface area contributed by atoms with Gasteiger partial charge in [0.05, 0.1) is 6.54 Å². The van der Waals surface area contributed by atoms with Gasteiger partial charge in [0.2, 0.25) is 0 Å². The molecule has 1 aliphatic rings. The van der Waals surface area contributed by atoms with E-state index in [2.05, 4.69) is 4.72 Å². The lowest BCUT2D eigenvalue weighted by molar-refractivity contribution is 0.0944. The molecule has 1 atom stereocenters. The Morgan fingerprint density at radius 3 is 2.78 bits per heavy atom. The van der Waals surface area contributed by atoms with E-state index >= 15 is 0 Å². The molecule has 0 saturated heterocycles. The highest BCUT2D eigenvalue weighted by molar-refractivity contribution is 7.87. The molecular formula is C9H15N3O4S2. The molecule has 0 aliphatic carbocycles. The molecule has 1 heterocycles. The van der Waals surface area contributed by atoms with Crippen LogP contribution in [0.15, 0.2) is 18.2 Å². The molecule has 1 aromatic rings. The molecule has 0 bridgehead atoms. The van der Waals surface area contributed by atoms with Gasteiger partial charge in [0, 0.05) is 11.8 Å². The van der Waals surface area contributed by atoms with Crippen LogP contribution in [-0.2, 0) is 10.2 Å². The van der Waals surface area contributed by atoms with Gasteiger partial charge in [-0.3, -0.25) is 0 Å². The zero-order valence-electron chi connectivity index (χ0n) is 9.42. The minimum Gasteiger partial charge on any atom is -0.486 e. The van der Waals surface area contributed by atoms with Crippen molar-refractivity contribution in [2.24, 2.45) is 5.14 Å². The van der Waals surface area contributed by atoms with E-state index < -0.39 is 16.3 Å². The summed E-state index contributed by atoms with van der Waals surface area (Å²) in [6, 6.07) is 5.03. The van der Waals surface area contributed by atoms with Crippen LogP contribution in [0.25, 0.3) is 0 Å². The molecule has 0 spiro atoms. The third kappa shape index (κ3) is 3.95. The van der Waals surface area contributed by atoms with E-state index in [-0.39, 0.29) is 26.6 Å². The van der Waals surface area contributed by atoms with Crippen molar-refractivity contribution in [3.63, 3.8) is 0 Å². The second-order valence-electron chi connectivity index (χ2n) is 3.65. The van der Waals surface area contributed by atoms with Gasteiger partial charge in [0.15, 0.2) is 11.5 Å². The lowest BCUT2D eigenvalue weighted by Gasteiger charge is -2.26. The highest BCUT2D eigenvalue weighted by Crippen LogP contribution is 2.33. The van der Waals surface area contributed by atoms with Crippen molar-refractivity contribution < 1.29 is 17.9 Å². The van der Waals surface area contributed by atoms with E-state index in [1.165, 1.54) is 0 Å². The number of ether oxygens (including phenoxy) is 2. The lowest BCUT2D eigenvalue weighted by Crippen LogP contribution is -2.42. The van der Waals surface area contributed by atoms with Crippen LogP contribution in [0.3, 0.4) is 0 Å². The molecule has 0 amide bonds. The summed E-state index contributed by atoms with van der Waals surface area (Å²) in [4.78, 5) is 0. The maximum Gasteiger partial charge on any atom is 0.274 e. The van der Waals surface area contributed by atoms with E-state index in [9.17, 15) is 8.42 Å². The van der Waals surface area contributed by atoms with Gasteiger partial charge >= 0.3 is 0 Å². The van der Waals surface area contributed by atoms with Crippen LogP contribution in [0, 0.1) is 0 Å². The molecule has 7 nitrogen and oxygen atoms in total. The summed E-state index contributed by atoms with van der Waals surface area (Å²) < 4.78 is 34.5. The Morgan fingerprint density at radius 2 is 2.11 bits per heavy atom. The van der Waals surface area contributed by atoms with Crippen molar-refractivity contribution in [2.45, 2.75) is 6.10 Å². The Labute approximate surface area is 112 Å². The van der Waals surface area contributed by atoms with Crippen molar-refractivity contribution in [1.29, 1.82) is 0 Å². The van der Waals surface area contributed by atoms with Crippen LogP contribution in [0.5, 0.6) is 11.5 Å². The van der Waals surface area contributed by atoms with E-state index in [1.807, 2.05) is 0 Å². The van der Waals surface area contributed by atoms with Crippen LogP contribution in [0.2, 0.25) is 0 Å². The SMILES string of the molecule is Nc1ccc2c(c1)O[C@@H](CNS(N)(=O)=O)CO2.S. The number of fused-ring (bicyclic) bond motifs is 1. The highest BCUT2D eigenvalue weighted by atomic mass is 32.2. The quantitative estimate of drug-likeness (QED) is 0.638. The first-order valence-electron chi connectivity index (χ1n) is 4.90. The normalized spacial score (nSPS) is 17.9. The van der Waals surface area contributed by atoms with Gasteiger partial charge in [-0.15, -0.1) is 0 Å². The monoisotopic (exact) mass is 293 g/mol. The van der Waals surface area contributed by atoms with Crippen molar-refractivity contribution in [2.75, 3.05) is 18.9 Å². The zero-order chi connectivity index (χ0) is 12.5. The number of nitrogens with one attached hydrogen (secondary N) is 1. The minimum atomic E-state index is -3.72. The Hall–Kier alpha value is -1.16. The third-order valence-corrected chi connectivity index (χ3v) is 2.77. The number of nitrogen functional groups attached to an aromatic ring is 1. The van der Waals surface area contributed by atoms with E-state index in [0.717, 1.165) is 0 Å². The first kappa shape index (κ1) is 14.9. The molecule has 1 aromatic carbocycles. The Bertz CT molecular complexity index is 521. The van der Waals surface area contributed by atoms with E-state index in [1.54, 1.807) is 18.2 Å². The maximum absolute atomic E-state index is 10.7. The Morgan fingerprint density at radius 1 is 1.39 bits per heavy atom. The number of hydrogen-bond donors (Lipinski definition) is 3. The molecule has 102 valence electrons. The van der Waals surface area contributed by atoms with Gasteiger partial charge < -0.3 is 15.2 Å². The summed E-state index contributed by atoms with van der Waals surface area (Å²) in [6.45, 7) is 0.298. The topological polar surface area (TPSA) is 117 Å². The third-order valence-electron chi connectivity index (χ3n) is 2.20. The number of nitrogens with two attached hydrogens (primary N) is 2. The number of hydrogen-bond acceptors (Lipinski definition) is 5. The summed E-state index contributed by atoms with van der Waals surface area (Å²) in [5.41, 5.74) is 6.15. The fourth-order valence-corrected chi connectivity index (χ4v) is 1.86. The molecular weight excluding hydrogens is 278 g/mol. The van der Waals surface area contributed by atoms with Gasteiger partial charge in [-0.2, -0.15) is 26.6 Å². The van der Waals surface area contributed by atoms with Crippen molar-refractivity contribution in [3.8, 4) is 11.5 Å². The maximum atomic E-state index is 10.7. The van der Waals surface area contributed by atoms with Gasteiger partial charge in [-0.1, -0.05) is 0 Å². The van der Waals surface area contributed by atoms with Crippen LogP contribution >= 0.6 is 13.5 Å². The van der Waals surface area contributed by atoms with Crippen molar-refractivity contribution in [1.82, 2.24) is 4.72 Å². The fraction of sp³-hybridized carbons (Fsp3) is 0.333. The Balaban J connectivity index is 0.00000162. The first-order valence-corrected chi connectivity index (χ1v) is 6.45. The van der Waals surface area contributed by atoms with Gasteiger partial charge in [0.1, 0.15) is 12.7 Å². The summed E-state index contributed by atoms with van der Waals surface area (Å²) in [5.74, 6) is 1.09. The smallest absolute Gasteiger partial charge is 0.274 e. The lowest BCUT2D eigenvalue weighted by atomic mass is 10.2. The molecule has 9 heteroatoms. The zero-order valence-corrected chi connectivity index (χ0v) is 11.2. The van der Waals surface area contributed by atoms with E-state index in [0.29, 0.717) is 17.2 Å². The standard InChI is InChI=1S/C9H13N3O4S.H2S/c10-6-1-2-8-9(3-6)16-7(5-15-8)4-12-17(11,13)14;/h1-3,7,12H,4-5,10H2,(H2,11,13,14);1H2/t7-;/m0./s1. The largest absolute Gasteiger partial charge is 0.486 e. The molecule has 0 saturated carbocycles. The minimum absolute atomic E-state index is 0. The molecule has 0 unspecified atom stereocenters. The van der Waals surface area contributed by atoms with Crippen LogP contribution in [-0.4, -0.2) is 27.7 Å². The number of anilines is 1. The number of rotatable bonds is 3. The average Bonchev–Trinajstić information content (AvgIpc) is 2.24. The van der Waals surface area contributed by atoms with Crippen LogP contribution in [0.1, 0.15) is 0 Å². The van der Waals surface area contributed by atoms with Crippen LogP contribution < -0.4 is 25.1 Å². The molecule has 1 aliphatic heterocycles. The summed E-state index contributed by atoms with van der Waals surface area (Å²) in [7, 11) is -3.72. The van der Waals surface area contributed by atoms with Gasteiger partial charge in [0.25, 0.3) is 10.2 Å². The molecule has 5 N–H and O–H groups in total. The second-order valence-corrected chi connectivity index (χ2v) is 5.03. The molecule has 2 rings (SSSR count). The van der Waals surface area contributed by atoms with Gasteiger partial charge in [-0.05, 0) is 12.1 Å². The van der Waals surface area contributed by atoms with E-state index in [4.69, 9.17) is 20.3 Å². The molecule has 0 aromatic heterocycles. The first-order chi connectivity index (χ1) is 7.94. The molecule has 0 fully saturated rings. The van der Waals surface area contributed by atoms with Crippen molar-refractivity contribution >= 4 is 29.4 Å². The number of benzene rings is 1. The van der Waals surface area contributed by atoms with Gasteiger partial charge in [-0.25, -0.2) is 5.14 Å². The predicted molar refractivity (Wildman–Crippen MR) is 72.3 cm³/mol. The highest BCUT2D eigenvalue weighted by Gasteiger charge is 2.22. The molecule has 18 heavy (non-hydrogen) atoms. The average molecular weight is 293 g/mol. The predicted octanol–water partition coefficient (Wildman–Crippen LogP) is -0.685. The van der Waals surface area contributed by atoms with Crippen molar-refractivity contribution in [3.05, 3.63) is 18.2 Å². The molecule has 0 radical (unpaired) electrons. The fourth-order valence-electron chi connectivity index (χ4n) is 1.44. The van der Waals surface area contributed by atoms with Crippen LogP contribution in [0.4, 0.5) is 5.69 Å². The summed E-state index contributed by atoms with van der Waals surface area (Å²) in [5, 5.41) is 4.82. The second kappa shape index (κ2) is 5.65.